The quantitative estimate of drug-likeness (QED) is 0.617. The Morgan fingerprint density at radius 2 is 1.96 bits per heavy atom. The lowest BCUT2D eigenvalue weighted by Crippen LogP contribution is -2.09. The van der Waals surface area contributed by atoms with E-state index in [9.17, 15) is 0 Å². The summed E-state index contributed by atoms with van der Waals surface area (Å²) in [7, 11) is 0. The number of hydrogen-bond donors (Lipinski definition) is 1. The zero-order valence-corrected chi connectivity index (χ0v) is 12.3. The van der Waals surface area contributed by atoms with Crippen LogP contribution in [0.4, 0.5) is 5.82 Å². The Morgan fingerprint density at radius 1 is 1.00 bits per heavy atom. The highest BCUT2D eigenvalue weighted by Gasteiger charge is 2.29. The van der Waals surface area contributed by atoms with Crippen molar-refractivity contribution in [2.45, 2.75) is 25.3 Å². The third-order valence-electron chi connectivity index (χ3n) is 4.05. The topological polar surface area (TPSA) is 85.3 Å². The van der Waals surface area contributed by atoms with Crippen LogP contribution in [0.25, 0.3) is 11.3 Å². The van der Waals surface area contributed by atoms with Crippen LogP contribution in [0.15, 0.2) is 36.7 Å². The highest BCUT2D eigenvalue weighted by Crippen LogP contribution is 2.38. The van der Waals surface area contributed by atoms with Gasteiger partial charge in [0.2, 0.25) is 0 Å². The summed E-state index contributed by atoms with van der Waals surface area (Å²) in [5.41, 5.74) is 2.64. The number of aromatic nitrogens is 7. The Morgan fingerprint density at radius 3 is 2.87 bits per heavy atom. The van der Waals surface area contributed by atoms with Crippen molar-refractivity contribution in [3.8, 4) is 0 Å². The molecule has 23 heavy (non-hydrogen) atoms. The molecule has 0 amide bonds. The van der Waals surface area contributed by atoms with Crippen LogP contribution in [-0.4, -0.2) is 34.4 Å². The van der Waals surface area contributed by atoms with E-state index < -0.39 is 0 Å². The van der Waals surface area contributed by atoms with Gasteiger partial charge in [-0.3, -0.25) is 0 Å². The molecule has 1 N–H and O–H groups in total. The van der Waals surface area contributed by atoms with Gasteiger partial charge >= 0.3 is 0 Å². The number of hydrogen-bond acceptors (Lipinski definition) is 6. The molecule has 8 nitrogen and oxygen atoms in total. The first-order chi connectivity index (χ1) is 11.4. The van der Waals surface area contributed by atoms with Crippen molar-refractivity contribution in [3.05, 3.63) is 48.2 Å². The fourth-order valence-corrected chi connectivity index (χ4v) is 2.70. The second-order valence-corrected chi connectivity index (χ2v) is 5.71. The fourth-order valence-electron chi connectivity index (χ4n) is 2.70. The van der Waals surface area contributed by atoms with E-state index in [0.29, 0.717) is 12.5 Å². The molecule has 4 heterocycles. The van der Waals surface area contributed by atoms with Gasteiger partial charge in [0, 0.05) is 18.2 Å². The minimum atomic E-state index is 0.511. The Labute approximate surface area is 131 Å². The zero-order valence-electron chi connectivity index (χ0n) is 12.3. The molecule has 0 unspecified atom stereocenters. The summed E-state index contributed by atoms with van der Waals surface area (Å²) in [6.45, 7) is 0.611. The lowest BCUT2D eigenvalue weighted by atomic mass is 10.4. The largest absolute Gasteiger partial charge is 0.363 e. The second kappa shape index (κ2) is 4.73. The van der Waals surface area contributed by atoms with Crippen molar-refractivity contribution in [1.82, 2.24) is 34.4 Å². The van der Waals surface area contributed by atoms with Crippen molar-refractivity contribution in [2.75, 3.05) is 5.32 Å². The van der Waals surface area contributed by atoms with Crippen LogP contribution in [0, 0.1) is 0 Å². The maximum absolute atomic E-state index is 4.61. The molecule has 1 aliphatic carbocycles. The summed E-state index contributed by atoms with van der Waals surface area (Å²) in [4.78, 5) is 4.27. The van der Waals surface area contributed by atoms with Gasteiger partial charge in [0.25, 0.3) is 0 Å². The fraction of sp³-hybridized carbons (Fsp3) is 0.267. The van der Waals surface area contributed by atoms with Crippen molar-refractivity contribution < 1.29 is 0 Å². The minimum Gasteiger partial charge on any atom is -0.363 e. The summed E-state index contributed by atoms with van der Waals surface area (Å²) in [5, 5.41) is 20.7. The van der Waals surface area contributed by atoms with Gasteiger partial charge in [-0.05, 0) is 31.0 Å². The second-order valence-electron chi connectivity index (χ2n) is 5.71. The average molecular weight is 306 g/mol. The van der Waals surface area contributed by atoms with Crippen LogP contribution in [0.2, 0.25) is 0 Å². The van der Waals surface area contributed by atoms with Gasteiger partial charge in [0.05, 0.1) is 18.4 Å². The molecule has 4 aromatic heterocycles. The molecule has 0 aliphatic heterocycles. The summed E-state index contributed by atoms with van der Waals surface area (Å²) in [6, 6.07) is 7.68. The minimum absolute atomic E-state index is 0.511. The van der Waals surface area contributed by atoms with Crippen LogP contribution in [0.5, 0.6) is 0 Å². The van der Waals surface area contributed by atoms with Gasteiger partial charge < -0.3 is 5.32 Å². The molecule has 1 fully saturated rings. The Bertz CT molecular complexity index is 997. The van der Waals surface area contributed by atoms with Crippen LogP contribution >= 0.6 is 0 Å². The monoisotopic (exact) mass is 306 g/mol. The first kappa shape index (κ1) is 12.5. The number of rotatable bonds is 4. The lowest BCUT2D eigenvalue weighted by Gasteiger charge is -2.07. The summed E-state index contributed by atoms with van der Waals surface area (Å²) in [5.74, 6) is 2.26. The molecule has 4 aromatic rings. The highest BCUT2D eigenvalue weighted by molar-refractivity contribution is 5.45. The predicted octanol–water partition coefficient (Wildman–Crippen LogP) is 1.66. The number of anilines is 1. The van der Waals surface area contributed by atoms with Crippen LogP contribution < -0.4 is 5.32 Å². The highest BCUT2D eigenvalue weighted by atomic mass is 15.4. The van der Waals surface area contributed by atoms with E-state index >= 15 is 0 Å². The lowest BCUT2D eigenvalue weighted by molar-refractivity contribution is 0.807. The normalized spacial score (nSPS) is 14.6. The van der Waals surface area contributed by atoms with E-state index in [0.717, 1.165) is 28.6 Å². The number of nitrogens with zero attached hydrogens (tertiary/aromatic N) is 7. The van der Waals surface area contributed by atoms with Crippen LogP contribution in [-0.2, 0) is 6.54 Å². The molecule has 0 atom stereocenters. The summed E-state index contributed by atoms with van der Waals surface area (Å²) < 4.78 is 3.66. The van der Waals surface area contributed by atoms with E-state index in [1.165, 1.54) is 12.8 Å². The van der Waals surface area contributed by atoms with Crippen molar-refractivity contribution >= 4 is 17.1 Å². The molecule has 1 aliphatic rings. The molecule has 0 spiro atoms. The molecule has 0 radical (unpaired) electrons. The summed E-state index contributed by atoms with van der Waals surface area (Å²) >= 11 is 0. The van der Waals surface area contributed by atoms with E-state index in [1.54, 1.807) is 12.4 Å². The first-order valence-electron chi connectivity index (χ1n) is 7.62. The van der Waals surface area contributed by atoms with Crippen molar-refractivity contribution in [3.63, 3.8) is 0 Å². The first-order valence-corrected chi connectivity index (χ1v) is 7.62. The predicted molar refractivity (Wildman–Crippen MR) is 83.1 cm³/mol. The van der Waals surface area contributed by atoms with Gasteiger partial charge in [-0.25, -0.2) is 9.50 Å². The molecular formula is C15H14N8. The van der Waals surface area contributed by atoms with Gasteiger partial charge in [-0.1, -0.05) is 0 Å². The maximum atomic E-state index is 4.61. The Hall–Kier alpha value is -3.03. The van der Waals surface area contributed by atoms with Crippen molar-refractivity contribution in [2.24, 2.45) is 0 Å². The van der Waals surface area contributed by atoms with Crippen LogP contribution in [0.1, 0.15) is 30.3 Å². The maximum Gasteiger partial charge on any atom is 0.178 e. The van der Waals surface area contributed by atoms with Gasteiger partial charge in [0.15, 0.2) is 17.1 Å². The Kier molecular flexibility index (Phi) is 2.57. The Balaban J connectivity index is 1.44. The zero-order chi connectivity index (χ0) is 15.2. The van der Waals surface area contributed by atoms with Crippen LogP contribution in [0.3, 0.4) is 0 Å². The molecule has 0 bridgehead atoms. The SMILES string of the molecule is c1cc(CNc2ccc3nnc(C4CC4)n3n2)n2nccc2n1. The molecule has 0 aromatic carbocycles. The molecule has 5 rings (SSSR count). The molecule has 0 saturated heterocycles. The van der Waals surface area contributed by atoms with Crippen molar-refractivity contribution in [1.29, 1.82) is 0 Å². The van der Waals surface area contributed by atoms with E-state index in [1.807, 2.05) is 33.3 Å². The van der Waals surface area contributed by atoms with E-state index in [2.05, 4.69) is 30.7 Å². The number of nitrogens with one attached hydrogen (secondary N) is 1. The summed E-state index contributed by atoms with van der Waals surface area (Å²) in [6.07, 6.45) is 5.88. The molecule has 1 saturated carbocycles. The molecular weight excluding hydrogens is 292 g/mol. The van der Waals surface area contributed by atoms with E-state index in [4.69, 9.17) is 0 Å². The van der Waals surface area contributed by atoms with Gasteiger partial charge in [-0.15, -0.1) is 15.3 Å². The van der Waals surface area contributed by atoms with Gasteiger partial charge in [0.1, 0.15) is 5.82 Å². The number of fused-ring (bicyclic) bond motifs is 2. The molecule has 8 heteroatoms. The smallest absolute Gasteiger partial charge is 0.178 e. The average Bonchev–Trinajstić information content (AvgIpc) is 3.15. The molecule has 114 valence electrons. The third kappa shape index (κ3) is 2.10. The van der Waals surface area contributed by atoms with E-state index in [-0.39, 0.29) is 0 Å². The van der Waals surface area contributed by atoms with Gasteiger partial charge in [-0.2, -0.15) is 9.61 Å². The standard InChI is InChI=1S/C15H14N8/c1-2-10(1)15-20-19-14-4-3-12(21-23(14)15)17-9-11-5-7-16-13-6-8-18-22(11)13/h3-8,10H,1-2,9H2,(H,17,21). The third-order valence-corrected chi connectivity index (χ3v) is 4.05.